The summed E-state index contributed by atoms with van der Waals surface area (Å²) in [6.07, 6.45) is -1.82. The number of nitrogens with zero attached hydrogens (tertiary/aromatic N) is 8. The van der Waals surface area contributed by atoms with Gasteiger partial charge in [0.05, 0.1) is 37.9 Å². The van der Waals surface area contributed by atoms with Gasteiger partial charge in [-0.2, -0.15) is 9.97 Å². The molecule has 3 aromatic heterocycles. The number of alkyl halides is 3. The fourth-order valence-electron chi connectivity index (χ4n) is 11.0. The molecule has 5 aliphatic rings. The van der Waals surface area contributed by atoms with Gasteiger partial charge in [-0.1, -0.05) is 24.3 Å². The SMILES string of the molecule is COc1ccc(CN(Cc2ccc(OC)cc2)c2cc(-c3nc4c5c(nc(OC[C@@]67CCCN6C[C@H](F)C7)nc5c3F)N3C[C@H]5CC[C@@H]([C@H]3[C@H](C)O4)N5C(=O)OC(C)(C)C)cc(C(F)F)n2)cc1. The summed E-state index contributed by atoms with van der Waals surface area (Å²) >= 11 is 0. The number of piperazine rings is 1. The highest BCUT2D eigenvalue weighted by Gasteiger charge is 2.54. The van der Waals surface area contributed by atoms with E-state index in [1.54, 1.807) is 25.2 Å². The highest BCUT2D eigenvalue weighted by atomic mass is 19.3. The van der Waals surface area contributed by atoms with Crippen LogP contribution in [0.15, 0.2) is 60.7 Å². The molecule has 2 bridgehead atoms. The lowest BCUT2D eigenvalue weighted by Crippen LogP contribution is -2.65. The van der Waals surface area contributed by atoms with Gasteiger partial charge in [-0.15, -0.1) is 0 Å². The molecule has 2 aromatic carbocycles. The number of carbonyl (C=O) groups excluding carboxylic acids is 1. The molecule has 14 nitrogen and oxygen atoms in total. The summed E-state index contributed by atoms with van der Waals surface area (Å²) in [6, 6.07) is 16.2. The fraction of sp³-hybridized carbons (Fsp3) is 0.500. The molecule has 8 heterocycles. The molecule has 0 saturated carbocycles. The van der Waals surface area contributed by atoms with Crippen LogP contribution < -0.4 is 28.7 Å². The number of amides is 1. The molecule has 0 radical (unpaired) electrons. The normalized spacial score (nSPS) is 24.1. The van der Waals surface area contributed by atoms with Crippen molar-refractivity contribution in [3.8, 4) is 34.6 Å². The topological polar surface area (TPSA) is 128 Å². The van der Waals surface area contributed by atoms with Gasteiger partial charge in [0.15, 0.2) is 5.82 Å². The van der Waals surface area contributed by atoms with E-state index in [9.17, 15) is 9.18 Å². The van der Waals surface area contributed by atoms with Crippen molar-refractivity contribution in [2.75, 3.05) is 50.3 Å². The first-order valence-corrected chi connectivity index (χ1v) is 23.3. The number of aromatic nitrogens is 4. The zero-order chi connectivity index (χ0) is 47.6. The monoisotopic (exact) mass is 940 g/mol. The Morgan fingerprint density at radius 2 is 1.63 bits per heavy atom. The van der Waals surface area contributed by atoms with Gasteiger partial charge in [-0.3, -0.25) is 9.80 Å². The first-order chi connectivity index (χ1) is 32.6. The Balaban J connectivity index is 1.10. The Morgan fingerprint density at radius 1 is 0.941 bits per heavy atom. The Kier molecular flexibility index (Phi) is 11.9. The molecule has 10 rings (SSSR count). The van der Waals surface area contributed by atoms with Crippen molar-refractivity contribution in [1.29, 1.82) is 0 Å². The van der Waals surface area contributed by atoms with Gasteiger partial charge in [-0.05, 0) is 107 Å². The summed E-state index contributed by atoms with van der Waals surface area (Å²) in [6.45, 7) is 9.31. The fourth-order valence-corrected chi connectivity index (χ4v) is 11.0. The molecule has 4 fully saturated rings. The van der Waals surface area contributed by atoms with Crippen LogP contribution in [0.4, 0.5) is 34.0 Å². The molecule has 18 heteroatoms. The van der Waals surface area contributed by atoms with Gasteiger partial charge >= 0.3 is 12.1 Å². The molecule has 360 valence electrons. The smallest absolute Gasteiger partial charge is 0.410 e. The van der Waals surface area contributed by atoms with Gasteiger partial charge < -0.3 is 33.5 Å². The maximum atomic E-state index is 17.9. The average molecular weight is 941 g/mol. The largest absolute Gasteiger partial charge is 0.497 e. The van der Waals surface area contributed by atoms with Crippen molar-refractivity contribution in [2.45, 2.75) is 121 Å². The molecule has 68 heavy (non-hydrogen) atoms. The van der Waals surface area contributed by atoms with E-state index in [-0.39, 0.29) is 71.6 Å². The standard InChI is InChI=1S/C50H56F4N8O6/c1-28-43-37-17-12-33(62(37)48(63)68-49(2,3)4)26-61(43)45-39-42(57-47(58-45)66-27-50-18-7-19-60(50)25-32(51)22-50)40(52)41(56-46(39)67-28)31-20-36(44(53)54)55-38(21-31)59(23-29-8-13-34(64-5)14-9-29)24-30-10-15-35(65-6)16-11-30/h8-11,13-16,20-21,28,32-33,37,43-44H,7,12,17-19,22-27H2,1-6H3/t28-,32+,33+,37-,43+,50-/m0/s1. The maximum absolute atomic E-state index is 17.9. The number of hydrogen-bond donors (Lipinski definition) is 0. The van der Waals surface area contributed by atoms with E-state index in [2.05, 4.69) is 9.88 Å². The number of ether oxygens (including phenoxy) is 5. The number of hydrogen-bond acceptors (Lipinski definition) is 13. The molecular weight excluding hydrogens is 885 g/mol. The lowest BCUT2D eigenvalue weighted by molar-refractivity contribution is 0.000929. The number of benzene rings is 2. The molecule has 1 amide bonds. The first kappa shape index (κ1) is 45.6. The zero-order valence-electron chi connectivity index (χ0n) is 39.1. The van der Waals surface area contributed by atoms with E-state index in [0.29, 0.717) is 49.7 Å². The summed E-state index contributed by atoms with van der Waals surface area (Å²) in [5.74, 6) is 0.875. The Labute approximate surface area is 392 Å². The third-order valence-electron chi connectivity index (χ3n) is 14.0. The number of anilines is 2. The third-order valence-corrected chi connectivity index (χ3v) is 14.0. The molecule has 5 aromatic rings. The van der Waals surface area contributed by atoms with E-state index in [0.717, 1.165) is 36.6 Å². The average Bonchev–Trinajstić information content (AvgIpc) is 3.93. The lowest BCUT2D eigenvalue weighted by Gasteiger charge is -2.48. The second-order valence-corrected chi connectivity index (χ2v) is 19.6. The third kappa shape index (κ3) is 8.53. The van der Waals surface area contributed by atoms with Crippen molar-refractivity contribution < 1.29 is 46.0 Å². The predicted molar refractivity (Wildman–Crippen MR) is 246 cm³/mol. The van der Waals surface area contributed by atoms with Gasteiger partial charge in [0, 0.05) is 38.2 Å². The van der Waals surface area contributed by atoms with E-state index in [4.69, 9.17) is 38.6 Å². The summed E-state index contributed by atoms with van der Waals surface area (Å²) in [7, 11) is 3.15. The number of fused-ring (bicyclic) bond motifs is 6. The lowest BCUT2D eigenvalue weighted by atomic mass is 9.95. The number of carbonyl (C=O) groups is 1. The number of halogens is 4. The van der Waals surface area contributed by atoms with Gasteiger partial charge in [0.2, 0.25) is 5.88 Å². The van der Waals surface area contributed by atoms with E-state index in [1.165, 1.54) is 0 Å². The minimum Gasteiger partial charge on any atom is -0.497 e. The molecule has 0 aliphatic carbocycles. The van der Waals surface area contributed by atoms with Gasteiger partial charge in [0.25, 0.3) is 6.43 Å². The molecular formula is C50H56F4N8O6. The molecule has 0 N–H and O–H groups in total. The van der Waals surface area contributed by atoms with Crippen LogP contribution in [0.5, 0.6) is 23.4 Å². The minimum absolute atomic E-state index is 0.00134. The highest BCUT2D eigenvalue weighted by Crippen LogP contribution is 2.48. The van der Waals surface area contributed by atoms with Crippen LogP contribution in [0, 0.1) is 5.82 Å². The predicted octanol–water partition coefficient (Wildman–Crippen LogP) is 9.08. The van der Waals surface area contributed by atoms with Crippen LogP contribution >= 0.6 is 0 Å². The number of methoxy groups -OCH3 is 2. The summed E-state index contributed by atoms with van der Waals surface area (Å²) in [5, 5.41) is 0.187. The first-order valence-electron chi connectivity index (χ1n) is 23.3. The number of rotatable bonds is 12. The van der Waals surface area contributed by atoms with Crippen LogP contribution in [0.2, 0.25) is 0 Å². The minimum atomic E-state index is -3.03. The van der Waals surface area contributed by atoms with Crippen LogP contribution in [0.25, 0.3) is 22.2 Å². The van der Waals surface area contributed by atoms with Crippen molar-refractivity contribution >= 4 is 28.6 Å². The van der Waals surface area contributed by atoms with Crippen LogP contribution in [0.3, 0.4) is 0 Å². The summed E-state index contributed by atoms with van der Waals surface area (Å²) in [4.78, 5) is 40.5. The van der Waals surface area contributed by atoms with Gasteiger partial charge in [0.1, 0.15) is 69.9 Å². The quantitative estimate of drug-likeness (QED) is 0.111. The maximum Gasteiger partial charge on any atom is 0.410 e. The van der Waals surface area contributed by atoms with Crippen LogP contribution in [-0.2, 0) is 17.8 Å². The zero-order valence-corrected chi connectivity index (χ0v) is 39.1. The Morgan fingerprint density at radius 3 is 2.28 bits per heavy atom. The summed E-state index contributed by atoms with van der Waals surface area (Å²) in [5.41, 5.74) is -0.631. The van der Waals surface area contributed by atoms with E-state index in [1.807, 2.05) is 86.0 Å². The van der Waals surface area contributed by atoms with Crippen molar-refractivity contribution in [3.63, 3.8) is 0 Å². The Hall–Kier alpha value is -6.17. The van der Waals surface area contributed by atoms with Crippen LogP contribution in [-0.4, -0.2) is 118 Å². The van der Waals surface area contributed by atoms with Gasteiger partial charge in [-0.25, -0.2) is 32.3 Å². The van der Waals surface area contributed by atoms with E-state index < -0.39 is 53.5 Å². The van der Waals surface area contributed by atoms with Crippen molar-refractivity contribution in [1.82, 2.24) is 29.7 Å². The molecule has 4 saturated heterocycles. The Bertz CT molecular complexity index is 2640. The van der Waals surface area contributed by atoms with E-state index >= 15 is 13.2 Å². The number of pyridine rings is 2. The second-order valence-electron chi connectivity index (χ2n) is 19.6. The molecule has 0 unspecified atom stereocenters. The molecule has 6 atom stereocenters. The van der Waals surface area contributed by atoms with Crippen molar-refractivity contribution in [3.05, 3.63) is 83.3 Å². The van der Waals surface area contributed by atoms with Crippen LogP contribution in [0.1, 0.15) is 83.0 Å². The molecule has 0 spiro atoms. The summed E-state index contributed by atoms with van der Waals surface area (Å²) < 4.78 is 92.7. The van der Waals surface area contributed by atoms with Crippen molar-refractivity contribution in [2.24, 2.45) is 0 Å². The highest BCUT2D eigenvalue weighted by molar-refractivity contribution is 5.97. The molecule has 5 aliphatic heterocycles. The second kappa shape index (κ2) is 17.7.